The van der Waals surface area contributed by atoms with Crippen molar-refractivity contribution >= 4 is 11.6 Å². The number of rotatable bonds is 34. The minimum Gasteiger partial charge on any atom is -0.391 e. The maximum atomic E-state index is 13.5. The molecule has 1 N–H and O–H groups in total. The van der Waals surface area contributed by atoms with Gasteiger partial charge in [0.2, 0.25) is 0 Å². The molecule has 0 aliphatic carbocycles. The third kappa shape index (κ3) is 24.2. The van der Waals surface area contributed by atoms with Gasteiger partial charge in [0.05, 0.1) is 27.2 Å². The van der Waals surface area contributed by atoms with Gasteiger partial charge in [0, 0.05) is 12.8 Å². The van der Waals surface area contributed by atoms with Crippen molar-refractivity contribution in [1.29, 1.82) is 0 Å². The van der Waals surface area contributed by atoms with Gasteiger partial charge in [-0.25, -0.2) is 0 Å². The van der Waals surface area contributed by atoms with E-state index in [4.69, 9.17) is 0 Å². The minimum absolute atomic E-state index is 0.0726. The zero-order valence-corrected chi connectivity index (χ0v) is 30.1. The van der Waals surface area contributed by atoms with Crippen LogP contribution >= 0.6 is 0 Å². The summed E-state index contributed by atoms with van der Waals surface area (Å²) in [7, 11) is 4.07. The van der Waals surface area contributed by atoms with Gasteiger partial charge >= 0.3 is 0 Å². The number of unbranched alkanes of at least 4 members (excludes halogenated alkanes) is 24. The van der Waals surface area contributed by atoms with Crippen LogP contribution in [0.25, 0.3) is 0 Å². The van der Waals surface area contributed by atoms with E-state index in [9.17, 15) is 14.7 Å². The minimum atomic E-state index is -0.938. The number of carbonyl (C=O) groups is 2. The van der Waals surface area contributed by atoms with Crippen molar-refractivity contribution in [3.63, 3.8) is 0 Å². The van der Waals surface area contributed by atoms with E-state index in [1.54, 1.807) is 0 Å². The summed E-state index contributed by atoms with van der Waals surface area (Å²) in [6.07, 6.45) is 34.5. The van der Waals surface area contributed by atoms with E-state index < -0.39 is 5.41 Å². The lowest BCUT2D eigenvalue weighted by atomic mass is 9.76. The first-order valence-electron chi connectivity index (χ1n) is 19.2. The maximum absolute atomic E-state index is 13.5. The molecule has 0 aliphatic heterocycles. The first-order chi connectivity index (χ1) is 20.7. The molecule has 43 heavy (non-hydrogen) atoms. The van der Waals surface area contributed by atoms with Gasteiger partial charge in [0.15, 0.2) is 11.6 Å². The van der Waals surface area contributed by atoms with Gasteiger partial charge in [0.1, 0.15) is 12.0 Å². The molecule has 0 unspecified atom stereocenters. The highest BCUT2D eigenvalue weighted by Crippen LogP contribution is 2.29. The van der Waals surface area contributed by atoms with Gasteiger partial charge in [-0.2, -0.15) is 0 Å². The molecule has 0 aromatic rings. The predicted octanol–water partition coefficient (Wildman–Crippen LogP) is 11.2. The van der Waals surface area contributed by atoms with Crippen LogP contribution in [0.1, 0.15) is 201 Å². The Bertz CT molecular complexity index is 602. The lowest BCUT2D eigenvalue weighted by molar-refractivity contribution is -0.894. The first-order valence-corrected chi connectivity index (χ1v) is 19.2. The lowest BCUT2D eigenvalue weighted by Gasteiger charge is -2.37. The molecule has 0 aromatic carbocycles. The fraction of sp³-hybridized carbons (Fsp3) is 0.949. The molecule has 0 heterocycles. The van der Waals surface area contributed by atoms with E-state index in [1.807, 2.05) is 21.0 Å². The van der Waals surface area contributed by atoms with Crippen molar-refractivity contribution < 1.29 is 19.2 Å². The van der Waals surface area contributed by atoms with Crippen LogP contribution in [0.5, 0.6) is 0 Å². The number of nitrogens with zero attached hydrogens (tertiary/aromatic N) is 1. The van der Waals surface area contributed by atoms with Crippen molar-refractivity contribution in [3.05, 3.63) is 0 Å². The molecule has 0 amide bonds. The van der Waals surface area contributed by atoms with Crippen molar-refractivity contribution in [2.45, 2.75) is 201 Å². The fourth-order valence-corrected chi connectivity index (χ4v) is 6.70. The van der Waals surface area contributed by atoms with Crippen LogP contribution in [0, 0.1) is 5.41 Å². The number of ketones is 2. The second kappa shape index (κ2) is 28.7. The molecule has 0 saturated carbocycles. The SMILES string of the molecule is CCCCCCCCCCCCCCCC(=O)C(C)(C[N+](C)(C)CCO)C(=O)CCCCCCCCCCCCCCC. The molecule has 0 rings (SSSR count). The topological polar surface area (TPSA) is 54.4 Å². The van der Waals surface area contributed by atoms with E-state index in [0.29, 0.717) is 30.4 Å². The summed E-state index contributed by atoms with van der Waals surface area (Å²) < 4.78 is 0.502. The van der Waals surface area contributed by atoms with Gasteiger partial charge in [-0.05, 0) is 19.8 Å². The number of aliphatic hydroxyl groups excluding tert-OH is 1. The van der Waals surface area contributed by atoms with Gasteiger partial charge < -0.3 is 9.59 Å². The Morgan fingerprint density at radius 1 is 0.488 bits per heavy atom. The molecule has 256 valence electrons. The molecule has 0 atom stereocenters. The Morgan fingerprint density at radius 3 is 1.00 bits per heavy atom. The molecule has 4 heteroatoms. The molecule has 0 saturated heterocycles. The normalized spacial score (nSPS) is 12.2. The van der Waals surface area contributed by atoms with Crippen LogP contribution in [0.2, 0.25) is 0 Å². The highest BCUT2D eigenvalue weighted by molar-refractivity contribution is 6.06. The van der Waals surface area contributed by atoms with Crippen LogP contribution < -0.4 is 0 Å². The summed E-state index contributed by atoms with van der Waals surface area (Å²) in [5, 5.41) is 9.56. The number of hydrogen-bond donors (Lipinski definition) is 1. The zero-order valence-electron chi connectivity index (χ0n) is 30.1. The third-order valence-electron chi connectivity index (χ3n) is 9.70. The van der Waals surface area contributed by atoms with E-state index in [2.05, 4.69) is 13.8 Å². The largest absolute Gasteiger partial charge is 0.391 e. The second-order valence-electron chi connectivity index (χ2n) is 14.7. The Kier molecular flexibility index (Phi) is 28.2. The predicted molar refractivity (Wildman–Crippen MR) is 188 cm³/mol. The number of hydrogen-bond acceptors (Lipinski definition) is 3. The molecule has 0 aliphatic rings. The highest BCUT2D eigenvalue weighted by Gasteiger charge is 2.44. The summed E-state index contributed by atoms with van der Waals surface area (Å²) >= 11 is 0. The smallest absolute Gasteiger partial charge is 0.151 e. The maximum Gasteiger partial charge on any atom is 0.151 e. The van der Waals surface area contributed by atoms with Gasteiger partial charge in [-0.1, -0.05) is 168 Å². The van der Waals surface area contributed by atoms with Crippen molar-refractivity contribution in [2.24, 2.45) is 5.41 Å². The van der Waals surface area contributed by atoms with Crippen molar-refractivity contribution in [1.82, 2.24) is 0 Å². The summed E-state index contributed by atoms with van der Waals surface area (Å²) in [5.41, 5.74) is -0.938. The fourth-order valence-electron chi connectivity index (χ4n) is 6.70. The van der Waals surface area contributed by atoms with Gasteiger partial charge in [-0.3, -0.25) is 9.59 Å². The molecular formula is C39H78NO3+. The number of Topliss-reactive ketones (excluding diaryl/α,β-unsaturated/α-hetero) is 2. The van der Waals surface area contributed by atoms with E-state index in [0.717, 1.165) is 25.7 Å². The second-order valence-corrected chi connectivity index (χ2v) is 14.7. The number of quaternary nitrogens is 1. The quantitative estimate of drug-likeness (QED) is 0.0449. The Morgan fingerprint density at radius 2 is 0.744 bits per heavy atom. The van der Waals surface area contributed by atoms with Crippen LogP contribution in [-0.4, -0.2) is 54.9 Å². The average molecular weight is 609 g/mol. The van der Waals surface area contributed by atoms with E-state index >= 15 is 0 Å². The first kappa shape index (κ1) is 42.3. The Balaban J connectivity index is 4.31. The zero-order chi connectivity index (χ0) is 32.1. The average Bonchev–Trinajstić information content (AvgIpc) is 2.97. The molecular weight excluding hydrogens is 530 g/mol. The van der Waals surface area contributed by atoms with E-state index in [-0.39, 0.29) is 18.2 Å². The summed E-state index contributed by atoms with van der Waals surface area (Å²) in [5.74, 6) is 0.249. The number of likely N-dealkylation sites (N-methyl/N-ethyl adjacent to an activating group) is 1. The molecule has 0 bridgehead atoms. The number of aliphatic hydroxyl groups is 1. The monoisotopic (exact) mass is 609 g/mol. The standard InChI is InChI=1S/C39H78NO3/c1-6-8-10-12-14-16-18-20-22-24-26-28-30-32-37(42)39(3,36-40(4,5)34-35-41)38(43)33-31-29-27-25-23-21-19-17-15-13-11-9-7-2/h41H,6-36H2,1-5H3/q+1. The molecule has 0 radical (unpaired) electrons. The van der Waals surface area contributed by atoms with Crippen molar-refractivity contribution in [2.75, 3.05) is 33.8 Å². The molecule has 0 spiro atoms. The third-order valence-corrected chi connectivity index (χ3v) is 9.70. The van der Waals surface area contributed by atoms with Crippen molar-refractivity contribution in [3.8, 4) is 0 Å². The van der Waals surface area contributed by atoms with Crippen LogP contribution in [0.15, 0.2) is 0 Å². The van der Waals surface area contributed by atoms with Crippen LogP contribution in [0.3, 0.4) is 0 Å². The highest BCUT2D eigenvalue weighted by atomic mass is 16.3. The molecule has 0 aromatic heterocycles. The Hall–Kier alpha value is -0.740. The summed E-state index contributed by atoms with van der Waals surface area (Å²) in [6.45, 7) is 7.57. The van der Waals surface area contributed by atoms with Gasteiger partial charge in [-0.15, -0.1) is 0 Å². The van der Waals surface area contributed by atoms with Crippen LogP contribution in [0.4, 0.5) is 0 Å². The molecule has 4 nitrogen and oxygen atoms in total. The summed E-state index contributed by atoms with van der Waals surface area (Å²) in [4.78, 5) is 27.1. The van der Waals surface area contributed by atoms with E-state index in [1.165, 1.54) is 141 Å². The lowest BCUT2D eigenvalue weighted by Crippen LogP contribution is -2.54. The Labute approximate surface area is 270 Å². The number of carbonyl (C=O) groups excluding carboxylic acids is 2. The van der Waals surface area contributed by atoms with Crippen LogP contribution in [-0.2, 0) is 9.59 Å². The molecule has 0 fully saturated rings. The van der Waals surface area contributed by atoms with Gasteiger partial charge in [0.25, 0.3) is 0 Å². The summed E-state index contributed by atoms with van der Waals surface area (Å²) in [6, 6.07) is 0.